The van der Waals surface area contributed by atoms with Crippen LogP contribution in [0.15, 0.2) is 24.3 Å². The van der Waals surface area contributed by atoms with Gasteiger partial charge in [-0.15, -0.1) is 0 Å². The summed E-state index contributed by atoms with van der Waals surface area (Å²) in [4.78, 5) is 28.7. The Labute approximate surface area is 125 Å². The van der Waals surface area contributed by atoms with Crippen LogP contribution in [0.5, 0.6) is 0 Å². The maximum Gasteiger partial charge on any atom is 0.409 e. The number of nitrogens with one attached hydrogen (secondary N) is 1. The largest absolute Gasteiger partial charge is 0.409 e. The third kappa shape index (κ3) is 6.20. The van der Waals surface area contributed by atoms with Crippen molar-refractivity contribution in [1.82, 2.24) is 0 Å². The van der Waals surface area contributed by atoms with Crippen LogP contribution >= 0.6 is 7.60 Å². The molecule has 0 saturated heterocycles. The Morgan fingerprint density at radius 2 is 1.48 bits per heavy atom. The fourth-order valence-electron chi connectivity index (χ4n) is 1.63. The molecule has 0 spiro atoms. The van der Waals surface area contributed by atoms with Gasteiger partial charge in [-0.1, -0.05) is 12.1 Å². The number of halogens is 6. The fourth-order valence-corrected chi connectivity index (χ4v) is 2.32. The molecule has 0 radical (unpaired) electrons. The number of hydrogen-bond acceptors (Lipinski definition) is 2. The molecule has 0 fully saturated rings. The molecular formula is C11H10F6NO4P. The van der Waals surface area contributed by atoms with Crippen molar-refractivity contribution in [3.63, 3.8) is 0 Å². The molecule has 0 heterocycles. The van der Waals surface area contributed by atoms with Gasteiger partial charge in [-0.2, -0.15) is 26.3 Å². The zero-order chi connectivity index (χ0) is 18.1. The molecular weight excluding hydrogens is 355 g/mol. The third-order valence-corrected chi connectivity index (χ3v) is 3.30. The molecule has 0 aliphatic heterocycles. The van der Waals surface area contributed by atoms with Crippen LogP contribution in [0.25, 0.3) is 0 Å². The highest BCUT2D eigenvalue weighted by Gasteiger charge is 2.61. The van der Waals surface area contributed by atoms with Crippen LogP contribution in [-0.2, 0) is 15.5 Å². The highest BCUT2D eigenvalue weighted by Crippen LogP contribution is 2.40. The van der Waals surface area contributed by atoms with Crippen LogP contribution in [0.3, 0.4) is 0 Å². The van der Waals surface area contributed by atoms with Gasteiger partial charge >= 0.3 is 19.9 Å². The van der Waals surface area contributed by atoms with E-state index in [1.54, 1.807) is 0 Å². The lowest BCUT2D eigenvalue weighted by atomic mass is 10.1. The fraction of sp³-hybridized carbons (Fsp3) is 0.364. The summed E-state index contributed by atoms with van der Waals surface area (Å²) in [6, 6.07) is 4.00. The molecule has 0 bridgehead atoms. The summed E-state index contributed by atoms with van der Waals surface area (Å²) >= 11 is 0. The smallest absolute Gasteiger partial charge is 0.325 e. The molecule has 0 aromatic heterocycles. The highest BCUT2D eigenvalue weighted by molar-refractivity contribution is 7.50. The lowest BCUT2D eigenvalue weighted by Crippen LogP contribution is -2.45. The number of hydrogen-bond donors (Lipinski definition) is 3. The molecule has 0 unspecified atom stereocenters. The lowest BCUT2D eigenvalue weighted by molar-refractivity contribution is -0.272. The van der Waals surface area contributed by atoms with Crippen molar-refractivity contribution < 1.29 is 45.5 Å². The summed E-state index contributed by atoms with van der Waals surface area (Å²) in [6.45, 7) is 0. The van der Waals surface area contributed by atoms with E-state index >= 15 is 0 Å². The van der Waals surface area contributed by atoms with E-state index in [-0.39, 0.29) is 11.3 Å². The number of carbonyl (C=O) groups is 1. The van der Waals surface area contributed by atoms with Gasteiger partial charge < -0.3 is 15.1 Å². The SMILES string of the molecule is O=C(Nc1ccc(CP(=O)(O)O)cc1)C(C(F)(F)F)C(F)(F)F. The number of amides is 1. The number of benzene rings is 1. The number of rotatable bonds is 4. The number of alkyl halides is 6. The van der Waals surface area contributed by atoms with Gasteiger partial charge in [-0.05, 0) is 17.7 Å². The van der Waals surface area contributed by atoms with Gasteiger partial charge in [0.15, 0.2) is 0 Å². The quantitative estimate of drug-likeness (QED) is 0.566. The number of carbonyl (C=O) groups excluding carboxylic acids is 1. The van der Waals surface area contributed by atoms with Gasteiger partial charge in [0.25, 0.3) is 0 Å². The van der Waals surface area contributed by atoms with Crippen molar-refractivity contribution >= 4 is 19.2 Å². The Balaban J connectivity index is 2.90. The Bertz CT molecular complexity index is 592. The molecule has 0 atom stereocenters. The predicted octanol–water partition coefficient (Wildman–Crippen LogP) is 3.04. The Morgan fingerprint density at radius 3 is 1.83 bits per heavy atom. The maximum absolute atomic E-state index is 12.4. The van der Waals surface area contributed by atoms with Gasteiger partial charge in [-0.3, -0.25) is 9.36 Å². The van der Waals surface area contributed by atoms with Crippen molar-refractivity contribution in [2.75, 3.05) is 5.32 Å². The first-order valence-corrected chi connectivity index (χ1v) is 7.58. The molecule has 130 valence electrons. The summed E-state index contributed by atoms with van der Waals surface area (Å²) in [5.41, 5.74) is -0.275. The number of anilines is 1. The van der Waals surface area contributed by atoms with Crippen molar-refractivity contribution in [1.29, 1.82) is 0 Å². The first-order valence-electron chi connectivity index (χ1n) is 5.78. The van der Waals surface area contributed by atoms with Crippen LogP contribution in [0.1, 0.15) is 5.56 Å². The first-order chi connectivity index (χ1) is 10.2. The van der Waals surface area contributed by atoms with Crippen molar-refractivity contribution in [3.05, 3.63) is 29.8 Å². The monoisotopic (exact) mass is 365 g/mol. The van der Waals surface area contributed by atoms with Crippen LogP contribution in [0.2, 0.25) is 0 Å². The second-order valence-corrected chi connectivity index (χ2v) is 6.17. The van der Waals surface area contributed by atoms with E-state index in [1.165, 1.54) is 5.32 Å². The van der Waals surface area contributed by atoms with E-state index in [0.29, 0.717) is 0 Å². The molecule has 0 aliphatic carbocycles. The van der Waals surface area contributed by atoms with Gasteiger partial charge in [0.05, 0.1) is 6.16 Å². The summed E-state index contributed by atoms with van der Waals surface area (Å²) in [5.74, 6) is -6.47. The van der Waals surface area contributed by atoms with E-state index in [4.69, 9.17) is 9.79 Å². The van der Waals surface area contributed by atoms with Gasteiger partial charge in [0.1, 0.15) is 0 Å². The molecule has 1 aromatic carbocycles. The minimum Gasteiger partial charge on any atom is -0.325 e. The van der Waals surface area contributed by atoms with Crippen molar-refractivity contribution in [2.45, 2.75) is 18.5 Å². The van der Waals surface area contributed by atoms with Gasteiger partial charge in [0.2, 0.25) is 11.8 Å². The molecule has 1 rings (SSSR count). The van der Waals surface area contributed by atoms with Crippen LogP contribution < -0.4 is 5.32 Å². The van der Waals surface area contributed by atoms with Crippen molar-refractivity contribution in [3.8, 4) is 0 Å². The molecule has 3 N–H and O–H groups in total. The normalized spacial score (nSPS) is 13.3. The molecule has 1 amide bonds. The Kier molecular flexibility index (Phi) is 5.50. The average molecular weight is 365 g/mol. The molecule has 0 aliphatic rings. The van der Waals surface area contributed by atoms with Gasteiger partial charge in [0, 0.05) is 5.69 Å². The summed E-state index contributed by atoms with van der Waals surface area (Å²) in [6.07, 6.45) is -12.3. The van der Waals surface area contributed by atoms with Crippen molar-refractivity contribution in [2.24, 2.45) is 5.92 Å². The second kappa shape index (κ2) is 6.50. The average Bonchev–Trinajstić information content (AvgIpc) is 2.25. The molecule has 1 aromatic rings. The van der Waals surface area contributed by atoms with Crippen LogP contribution in [0.4, 0.5) is 32.0 Å². The third-order valence-electron chi connectivity index (χ3n) is 2.53. The van der Waals surface area contributed by atoms with Crippen LogP contribution in [-0.4, -0.2) is 28.0 Å². The summed E-state index contributed by atoms with van der Waals surface area (Å²) in [5, 5.41) is 1.47. The molecule has 0 saturated carbocycles. The lowest BCUT2D eigenvalue weighted by Gasteiger charge is -2.22. The van der Waals surface area contributed by atoms with E-state index in [2.05, 4.69) is 0 Å². The minimum atomic E-state index is -5.80. The van der Waals surface area contributed by atoms with E-state index in [1.807, 2.05) is 0 Å². The predicted molar refractivity (Wildman–Crippen MR) is 66.4 cm³/mol. The van der Waals surface area contributed by atoms with Gasteiger partial charge in [-0.25, -0.2) is 0 Å². The van der Waals surface area contributed by atoms with Crippen LogP contribution in [0, 0.1) is 5.92 Å². The van der Waals surface area contributed by atoms with E-state index in [0.717, 1.165) is 24.3 Å². The molecule has 12 heteroatoms. The standard InChI is InChI=1S/C11H10F6NO4P/c12-10(13,14)8(11(15,16)17)9(19)18-7-3-1-6(2-4-7)5-23(20,21)22/h1-4,8H,5H2,(H,18,19)(H2,20,21,22). The zero-order valence-electron chi connectivity index (χ0n) is 11.0. The van der Waals surface area contributed by atoms with E-state index in [9.17, 15) is 35.7 Å². The first kappa shape index (κ1) is 19.5. The Morgan fingerprint density at radius 1 is 1.04 bits per heavy atom. The summed E-state index contributed by atoms with van der Waals surface area (Å²) in [7, 11) is -4.38. The maximum atomic E-state index is 12.4. The van der Waals surface area contributed by atoms with E-state index < -0.39 is 37.9 Å². The molecule has 23 heavy (non-hydrogen) atoms. The minimum absolute atomic E-state index is 0.0968. The zero-order valence-corrected chi connectivity index (χ0v) is 11.9. The second-order valence-electron chi connectivity index (χ2n) is 4.53. The highest BCUT2D eigenvalue weighted by atomic mass is 31.2. The summed E-state index contributed by atoms with van der Waals surface area (Å²) < 4.78 is 84.9. The topological polar surface area (TPSA) is 86.6 Å². The Hall–Kier alpha value is -1.58. The molecule has 5 nitrogen and oxygen atoms in total.